The molecule has 3 saturated heterocycles. The molecule has 18 nitrogen and oxygen atoms in total. The second kappa shape index (κ2) is 30.2. The highest BCUT2D eigenvalue weighted by Gasteiger charge is 2.27. The number of nitrogens with one attached hydrogen (secondary N) is 4. The van der Waals surface area contributed by atoms with Gasteiger partial charge in [0, 0.05) is 138 Å². The third kappa shape index (κ3) is 20.0. The lowest BCUT2D eigenvalue weighted by Crippen LogP contribution is -2.50. The van der Waals surface area contributed by atoms with E-state index in [1.807, 2.05) is 124 Å². The Labute approximate surface area is 472 Å². The van der Waals surface area contributed by atoms with E-state index in [1.165, 1.54) is 16.2 Å². The minimum Gasteiger partial charge on any atom is -0.444 e. The maximum atomic E-state index is 13.5. The molecule has 428 valence electrons. The Kier molecular flexibility index (Phi) is 23.3. The number of aldehydes is 2. The summed E-state index contributed by atoms with van der Waals surface area (Å²) in [6, 6.07) is 40.1. The molecule has 2 atom stereocenters. The quantitative estimate of drug-likeness (QED) is 0.0337. The molecule has 0 spiro atoms. The van der Waals surface area contributed by atoms with Crippen LogP contribution in [0.15, 0.2) is 127 Å². The fourth-order valence-corrected chi connectivity index (χ4v) is 10.1. The van der Waals surface area contributed by atoms with E-state index >= 15 is 0 Å². The lowest BCUT2D eigenvalue weighted by atomic mass is 9.95. The van der Waals surface area contributed by atoms with Crippen molar-refractivity contribution >= 4 is 63.3 Å². The van der Waals surface area contributed by atoms with E-state index in [0.29, 0.717) is 69.9 Å². The molecule has 0 aliphatic carbocycles. The van der Waals surface area contributed by atoms with Crippen molar-refractivity contribution < 1.29 is 37.1 Å². The van der Waals surface area contributed by atoms with Crippen LogP contribution in [0.3, 0.4) is 0 Å². The van der Waals surface area contributed by atoms with Gasteiger partial charge in [0.1, 0.15) is 24.0 Å². The maximum Gasteiger partial charge on any atom is 0.410 e. The first-order valence-corrected chi connectivity index (χ1v) is 29.2. The number of nitrogen functional groups attached to an aromatic ring is 1. The van der Waals surface area contributed by atoms with Gasteiger partial charge in [-0.05, 0) is 111 Å². The number of ketones is 1. The monoisotopic (exact) mass is 1110 g/mol. The van der Waals surface area contributed by atoms with Gasteiger partial charge in [0.05, 0.1) is 12.3 Å². The average molecular weight is 1110 g/mol. The van der Waals surface area contributed by atoms with E-state index < -0.39 is 27.6 Å². The summed E-state index contributed by atoms with van der Waals surface area (Å²) in [4.78, 5) is 67.9. The standard InChI is InChI=1S/C34H44N6O4S.C16H22N2O3.C11H14N2O/c1-25(34(42)38-24-27-8-13-29(14-9-27)33(35)36)22-32(41)31(17-12-26-6-4-3-5-7-26)37-23-28-10-15-30(16-11-28)39-18-20-40(21-19-39)45(2,43)44;1-16(2,3)21-15(20)18-10-8-17(9-11-18)14-6-4-13(12-19)5-7-14;14-9-10-1-3-11(4-2-10)13-7-5-12-6-8-13/h3-11,13-16,25,31,37H,12,17-24H2,1-2H3,(H3,35,36)(H,38,42);4-7,12H,8-11H2,1-3H3;1-4,9,12H,5-8H2/t25-,31-;;/m1../s1. The minimum atomic E-state index is -3.18. The Hall–Kier alpha value is -7.45. The number of hydrogen-bond donors (Lipinski definition) is 5. The van der Waals surface area contributed by atoms with Crippen LogP contribution in [-0.2, 0) is 43.9 Å². The van der Waals surface area contributed by atoms with Crippen molar-refractivity contribution in [1.29, 1.82) is 5.41 Å². The fraction of sp³-hybridized carbons (Fsp3) is 0.410. The number of sulfonamides is 1. The number of Topliss-reactive ketones (excluding diaryl/α,β-unsaturated/α-hetero) is 1. The summed E-state index contributed by atoms with van der Waals surface area (Å²) in [5, 5.41) is 17.2. The summed E-state index contributed by atoms with van der Waals surface area (Å²) >= 11 is 0. The third-order valence-electron chi connectivity index (χ3n) is 14.0. The SMILES string of the molecule is CC(C)(C)OC(=O)N1CCN(c2ccc(C=O)cc2)CC1.C[C@H](CC(=O)[C@@H](CCc1ccccc1)NCc1ccc(N2CCN(S(C)(=O)=O)CC2)cc1)C(=O)NCc1ccc(C(=N)N)cc1.O=Cc1ccc(N2CCNCC2)cc1. The molecular weight excluding hydrogens is 1030 g/mol. The summed E-state index contributed by atoms with van der Waals surface area (Å²) in [7, 11) is -3.18. The topological polar surface area (TPSA) is 231 Å². The van der Waals surface area contributed by atoms with Crippen molar-refractivity contribution in [2.75, 3.05) is 99.5 Å². The number of amidine groups is 1. The van der Waals surface area contributed by atoms with Gasteiger partial charge >= 0.3 is 6.09 Å². The van der Waals surface area contributed by atoms with Crippen LogP contribution < -0.4 is 36.4 Å². The Morgan fingerprint density at radius 3 is 1.62 bits per heavy atom. The summed E-state index contributed by atoms with van der Waals surface area (Å²) in [5.41, 5.74) is 13.5. The van der Waals surface area contributed by atoms with Crippen LogP contribution in [0.1, 0.15) is 83.5 Å². The first-order valence-electron chi connectivity index (χ1n) is 27.4. The molecule has 5 aromatic carbocycles. The van der Waals surface area contributed by atoms with E-state index in [4.69, 9.17) is 15.9 Å². The van der Waals surface area contributed by atoms with Crippen LogP contribution in [0, 0.1) is 11.3 Å². The van der Waals surface area contributed by atoms with Crippen molar-refractivity contribution in [3.63, 3.8) is 0 Å². The van der Waals surface area contributed by atoms with Gasteiger partial charge in [-0.15, -0.1) is 0 Å². The van der Waals surface area contributed by atoms with Gasteiger partial charge < -0.3 is 46.0 Å². The molecule has 3 fully saturated rings. The molecule has 19 heteroatoms. The molecule has 0 radical (unpaired) electrons. The number of ether oxygens (including phenoxy) is 1. The lowest BCUT2D eigenvalue weighted by molar-refractivity contribution is -0.129. The van der Waals surface area contributed by atoms with Crippen molar-refractivity contribution in [3.05, 3.63) is 161 Å². The lowest BCUT2D eigenvalue weighted by Gasteiger charge is -2.36. The number of benzene rings is 5. The van der Waals surface area contributed by atoms with Crippen LogP contribution in [0.25, 0.3) is 0 Å². The zero-order valence-electron chi connectivity index (χ0n) is 46.9. The van der Waals surface area contributed by atoms with Gasteiger partial charge in [-0.3, -0.25) is 24.6 Å². The minimum absolute atomic E-state index is 0.000222. The average Bonchev–Trinajstić information content (AvgIpc) is 3.47. The number of carbonyl (C=O) groups is 5. The van der Waals surface area contributed by atoms with E-state index in [0.717, 1.165) is 91.9 Å². The molecule has 0 saturated carbocycles. The third-order valence-corrected chi connectivity index (χ3v) is 15.3. The predicted octanol–water partition coefficient (Wildman–Crippen LogP) is 6.52. The van der Waals surface area contributed by atoms with Crippen LogP contribution in [0.2, 0.25) is 0 Å². The zero-order valence-corrected chi connectivity index (χ0v) is 47.8. The number of anilines is 3. The van der Waals surface area contributed by atoms with Crippen molar-refractivity contribution in [2.24, 2.45) is 11.7 Å². The highest BCUT2D eigenvalue weighted by Crippen LogP contribution is 2.22. The van der Waals surface area contributed by atoms with Gasteiger partial charge in [-0.25, -0.2) is 13.2 Å². The molecule has 80 heavy (non-hydrogen) atoms. The first-order chi connectivity index (χ1) is 38.3. The second-order valence-corrected chi connectivity index (χ2v) is 23.3. The van der Waals surface area contributed by atoms with Crippen molar-refractivity contribution in [3.8, 4) is 0 Å². The van der Waals surface area contributed by atoms with E-state index in [2.05, 4.69) is 42.8 Å². The molecule has 0 unspecified atom stereocenters. The molecule has 0 bridgehead atoms. The summed E-state index contributed by atoms with van der Waals surface area (Å²) in [6.45, 7) is 17.4. The van der Waals surface area contributed by atoms with Crippen LogP contribution >= 0.6 is 0 Å². The second-order valence-electron chi connectivity index (χ2n) is 21.3. The van der Waals surface area contributed by atoms with Gasteiger partial charge in [0.2, 0.25) is 15.9 Å². The largest absolute Gasteiger partial charge is 0.444 e. The van der Waals surface area contributed by atoms with Crippen LogP contribution in [0.4, 0.5) is 21.9 Å². The number of carbonyl (C=O) groups excluding carboxylic acids is 5. The highest BCUT2D eigenvalue weighted by molar-refractivity contribution is 7.88. The number of nitrogens with two attached hydrogens (primary N) is 1. The van der Waals surface area contributed by atoms with E-state index in [-0.39, 0.29) is 30.0 Å². The van der Waals surface area contributed by atoms with Crippen molar-refractivity contribution in [2.45, 2.75) is 71.7 Å². The van der Waals surface area contributed by atoms with Crippen LogP contribution in [0.5, 0.6) is 0 Å². The Morgan fingerprint density at radius 2 is 1.14 bits per heavy atom. The molecule has 3 heterocycles. The molecule has 2 amide bonds. The first kappa shape index (κ1) is 61.8. The normalized spacial score (nSPS) is 15.7. The Bertz CT molecular complexity index is 2880. The van der Waals surface area contributed by atoms with Gasteiger partial charge in [0.25, 0.3) is 0 Å². The highest BCUT2D eigenvalue weighted by atomic mass is 32.2. The Balaban J connectivity index is 0.000000239. The van der Waals surface area contributed by atoms with Gasteiger partial charge in [-0.2, -0.15) is 4.31 Å². The predicted molar refractivity (Wildman–Crippen MR) is 317 cm³/mol. The van der Waals surface area contributed by atoms with E-state index in [1.54, 1.807) is 24.0 Å². The maximum absolute atomic E-state index is 13.5. The number of nitrogens with zero attached hydrogens (tertiary/aromatic N) is 5. The number of aryl methyl sites for hydroxylation is 1. The molecule has 0 aromatic heterocycles. The molecule has 5 aromatic rings. The Morgan fingerprint density at radius 1 is 0.662 bits per heavy atom. The van der Waals surface area contributed by atoms with Crippen LogP contribution in [-0.4, -0.2) is 150 Å². The number of rotatable bonds is 19. The number of hydrogen-bond acceptors (Lipinski definition) is 14. The van der Waals surface area contributed by atoms with E-state index in [9.17, 15) is 32.4 Å². The molecule has 3 aliphatic heterocycles. The van der Waals surface area contributed by atoms with Crippen molar-refractivity contribution in [1.82, 2.24) is 25.2 Å². The summed E-state index contributed by atoms with van der Waals surface area (Å²) < 4.78 is 30.5. The smallest absolute Gasteiger partial charge is 0.410 e. The summed E-state index contributed by atoms with van der Waals surface area (Å²) in [5.74, 6) is -0.682. The molecule has 6 N–H and O–H groups in total. The number of piperazine rings is 3. The molecule has 3 aliphatic rings. The number of amides is 2. The zero-order chi connectivity index (χ0) is 57.7. The fourth-order valence-electron chi connectivity index (χ4n) is 9.30. The van der Waals surface area contributed by atoms with Gasteiger partial charge in [0.15, 0.2) is 5.78 Å². The molecular formula is C61H80N10O8S. The molecule has 8 rings (SSSR count). The van der Waals surface area contributed by atoms with Gasteiger partial charge in [-0.1, -0.05) is 73.7 Å². The summed E-state index contributed by atoms with van der Waals surface area (Å²) in [6.07, 6.45) is 4.18.